The van der Waals surface area contributed by atoms with Crippen LogP contribution in [0, 0.1) is 11.3 Å². The van der Waals surface area contributed by atoms with Gasteiger partial charge in [-0.15, -0.1) is 0 Å². The van der Waals surface area contributed by atoms with Crippen LogP contribution in [0.1, 0.15) is 15.9 Å². The van der Waals surface area contributed by atoms with Gasteiger partial charge in [-0.05, 0) is 40.2 Å². The van der Waals surface area contributed by atoms with E-state index in [0.29, 0.717) is 16.8 Å². The van der Waals surface area contributed by atoms with Gasteiger partial charge in [0.15, 0.2) is 0 Å². The Morgan fingerprint density at radius 3 is 2.68 bits per heavy atom. The number of hydrogen-bond acceptors (Lipinski definition) is 3. The summed E-state index contributed by atoms with van der Waals surface area (Å²) in [6, 6.07) is 8.77. The summed E-state index contributed by atoms with van der Waals surface area (Å²) in [5.41, 5.74) is 1.28. The summed E-state index contributed by atoms with van der Waals surface area (Å²) in [6.45, 7) is 0. The minimum absolute atomic E-state index is 0.312. The molecule has 0 fully saturated rings. The van der Waals surface area contributed by atoms with Crippen LogP contribution in [0.3, 0.4) is 0 Å². The van der Waals surface area contributed by atoms with Gasteiger partial charge >= 0.3 is 0 Å². The van der Waals surface area contributed by atoms with E-state index in [-0.39, 0.29) is 5.91 Å². The molecule has 94 valence electrons. The minimum Gasteiger partial charge on any atom is -0.321 e. The summed E-state index contributed by atoms with van der Waals surface area (Å²) in [5.74, 6) is -0.312. The molecule has 1 heterocycles. The van der Waals surface area contributed by atoms with Crippen LogP contribution in [0.5, 0.6) is 0 Å². The molecule has 0 spiro atoms. The standard InChI is InChI=1S/C13H7Br2N3O/c14-10-1-2-12(8(3-10)5-16)18-13(19)9-4-11(15)7-17-6-9/h1-4,6-7H,(H,18,19). The Labute approximate surface area is 126 Å². The highest BCUT2D eigenvalue weighted by atomic mass is 79.9. The van der Waals surface area contributed by atoms with Gasteiger partial charge < -0.3 is 5.32 Å². The van der Waals surface area contributed by atoms with E-state index in [1.54, 1.807) is 30.5 Å². The molecule has 6 heteroatoms. The highest BCUT2D eigenvalue weighted by molar-refractivity contribution is 9.10. The van der Waals surface area contributed by atoms with E-state index in [9.17, 15) is 4.79 Å². The quantitative estimate of drug-likeness (QED) is 0.863. The summed E-state index contributed by atoms with van der Waals surface area (Å²) in [6.07, 6.45) is 3.06. The number of nitrogens with zero attached hydrogens (tertiary/aromatic N) is 2. The number of pyridine rings is 1. The van der Waals surface area contributed by atoms with Crippen LogP contribution in [0.15, 0.2) is 45.6 Å². The third kappa shape index (κ3) is 3.40. The number of nitriles is 1. The molecule has 2 aromatic rings. The van der Waals surface area contributed by atoms with Crippen molar-refractivity contribution in [3.8, 4) is 6.07 Å². The van der Waals surface area contributed by atoms with E-state index in [2.05, 4.69) is 42.2 Å². The highest BCUT2D eigenvalue weighted by Crippen LogP contribution is 2.21. The van der Waals surface area contributed by atoms with Gasteiger partial charge in [0.05, 0.1) is 16.8 Å². The molecule has 1 aromatic heterocycles. The molecule has 0 atom stereocenters. The van der Waals surface area contributed by atoms with Crippen molar-refractivity contribution < 1.29 is 4.79 Å². The van der Waals surface area contributed by atoms with Gasteiger partial charge in [-0.3, -0.25) is 9.78 Å². The maximum absolute atomic E-state index is 12.0. The van der Waals surface area contributed by atoms with Crippen molar-refractivity contribution in [2.45, 2.75) is 0 Å². The number of carbonyl (C=O) groups is 1. The zero-order chi connectivity index (χ0) is 13.8. The fourth-order valence-corrected chi connectivity index (χ4v) is 2.17. The second kappa shape index (κ2) is 5.95. The number of aromatic nitrogens is 1. The molecule has 1 aromatic carbocycles. The number of anilines is 1. The number of nitrogens with one attached hydrogen (secondary N) is 1. The molecule has 19 heavy (non-hydrogen) atoms. The van der Waals surface area contributed by atoms with Gasteiger partial charge in [0.25, 0.3) is 5.91 Å². The number of hydrogen-bond donors (Lipinski definition) is 1. The lowest BCUT2D eigenvalue weighted by Crippen LogP contribution is -2.13. The first kappa shape index (κ1) is 13.7. The van der Waals surface area contributed by atoms with Crippen LogP contribution >= 0.6 is 31.9 Å². The minimum atomic E-state index is -0.312. The molecule has 2 rings (SSSR count). The van der Waals surface area contributed by atoms with Gasteiger partial charge in [0.2, 0.25) is 0 Å². The zero-order valence-corrected chi connectivity index (χ0v) is 12.7. The average Bonchev–Trinajstić information content (AvgIpc) is 2.40. The average molecular weight is 381 g/mol. The Balaban J connectivity index is 2.27. The van der Waals surface area contributed by atoms with Crippen LogP contribution in [-0.2, 0) is 0 Å². The van der Waals surface area contributed by atoms with E-state index in [1.807, 2.05) is 6.07 Å². The fraction of sp³-hybridized carbons (Fsp3) is 0. The predicted molar refractivity (Wildman–Crippen MR) is 78.7 cm³/mol. The number of halogens is 2. The Morgan fingerprint density at radius 2 is 2.00 bits per heavy atom. The maximum Gasteiger partial charge on any atom is 0.257 e. The third-order valence-corrected chi connectivity index (χ3v) is 3.24. The van der Waals surface area contributed by atoms with Crippen molar-refractivity contribution in [1.29, 1.82) is 5.26 Å². The molecule has 0 saturated heterocycles. The largest absolute Gasteiger partial charge is 0.321 e. The smallest absolute Gasteiger partial charge is 0.257 e. The van der Waals surface area contributed by atoms with E-state index >= 15 is 0 Å². The monoisotopic (exact) mass is 379 g/mol. The fourth-order valence-electron chi connectivity index (χ4n) is 1.45. The number of benzene rings is 1. The van der Waals surface area contributed by atoms with Gasteiger partial charge in [-0.25, -0.2) is 0 Å². The SMILES string of the molecule is N#Cc1cc(Br)ccc1NC(=O)c1cncc(Br)c1. The summed E-state index contributed by atoms with van der Waals surface area (Å²) >= 11 is 6.53. The molecule has 0 saturated carbocycles. The number of amides is 1. The summed E-state index contributed by atoms with van der Waals surface area (Å²) in [7, 11) is 0. The van der Waals surface area contributed by atoms with Gasteiger partial charge in [0, 0.05) is 21.3 Å². The Hall–Kier alpha value is -1.71. The second-order valence-corrected chi connectivity index (χ2v) is 5.48. The summed E-state index contributed by atoms with van der Waals surface area (Å²) < 4.78 is 1.50. The van der Waals surface area contributed by atoms with E-state index in [4.69, 9.17) is 5.26 Å². The van der Waals surface area contributed by atoms with Crippen LogP contribution in [0.2, 0.25) is 0 Å². The van der Waals surface area contributed by atoms with Crippen molar-refractivity contribution in [1.82, 2.24) is 4.98 Å². The lowest BCUT2D eigenvalue weighted by Gasteiger charge is -2.07. The van der Waals surface area contributed by atoms with Gasteiger partial charge in [0.1, 0.15) is 6.07 Å². The molecule has 1 amide bonds. The zero-order valence-electron chi connectivity index (χ0n) is 9.52. The predicted octanol–water partition coefficient (Wildman–Crippen LogP) is 3.73. The molecule has 0 unspecified atom stereocenters. The van der Waals surface area contributed by atoms with Gasteiger partial charge in [-0.2, -0.15) is 5.26 Å². The topological polar surface area (TPSA) is 65.8 Å². The molecule has 1 N–H and O–H groups in total. The normalized spacial score (nSPS) is 9.74. The van der Waals surface area contributed by atoms with Crippen LogP contribution in [-0.4, -0.2) is 10.9 Å². The first-order valence-electron chi connectivity index (χ1n) is 5.21. The number of rotatable bonds is 2. The molecule has 0 aliphatic rings. The Bertz CT molecular complexity index is 680. The second-order valence-electron chi connectivity index (χ2n) is 3.65. The summed E-state index contributed by atoms with van der Waals surface area (Å²) in [5, 5.41) is 11.7. The third-order valence-electron chi connectivity index (χ3n) is 2.32. The summed E-state index contributed by atoms with van der Waals surface area (Å²) in [4.78, 5) is 15.9. The Kier molecular flexibility index (Phi) is 4.30. The van der Waals surface area contributed by atoms with Crippen molar-refractivity contribution in [2.75, 3.05) is 5.32 Å². The van der Waals surface area contributed by atoms with E-state index in [0.717, 1.165) is 8.95 Å². The molecule has 0 aliphatic heterocycles. The van der Waals surface area contributed by atoms with E-state index < -0.39 is 0 Å². The highest BCUT2D eigenvalue weighted by Gasteiger charge is 2.10. The molecule has 0 bridgehead atoms. The van der Waals surface area contributed by atoms with Gasteiger partial charge in [-0.1, -0.05) is 15.9 Å². The first-order valence-corrected chi connectivity index (χ1v) is 6.80. The van der Waals surface area contributed by atoms with Crippen molar-refractivity contribution in [3.63, 3.8) is 0 Å². The van der Waals surface area contributed by atoms with Crippen LogP contribution in [0.4, 0.5) is 5.69 Å². The molecule has 0 radical (unpaired) electrons. The van der Waals surface area contributed by atoms with Crippen molar-refractivity contribution in [3.05, 3.63) is 56.7 Å². The molecule has 4 nitrogen and oxygen atoms in total. The number of carbonyl (C=O) groups excluding carboxylic acids is 1. The Morgan fingerprint density at radius 1 is 1.21 bits per heavy atom. The lowest BCUT2D eigenvalue weighted by atomic mass is 10.2. The molecular formula is C13H7Br2N3O. The van der Waals surface area contributed by atoms with Crippen LogP contribution < -0.4 is 5.32 Å². The van der Waals surface area contributed by atoms with E-state index in [1.165, 1.54) is 6.20 Å². The van der Waals surface area contributed by atoms with Crippen LogP contribution in [0.25, 0.3) is 0 Å². The lowest BCUT2D eigenvalue weighted by molar-refractivity contribution is 0.102. The maximum atomic E-state index is 12.0. The first-order chi connectivity index (χ1) is 9.10. The van der Waals surface area contributed by atoms with Crippen molar-refractivity contribution >= 4 is 43.5 Å². The molecule has 0 aliphatic carbocycles. The van der Waals surface area contributed by atoms with Crippen molar-refractivity contribution in [2.24, 2.45) is 0 Å². The molecular weight excluding hydrogens is 374 g/mol.